The van der Waals surface area contributed by atoms with Gasteiger partial charge in [-0.1, -0.05) is 59.3 Å². The van der Waals surface area contributed by atoms with Crippen molar-refractivity contribution in [2.75, 3.05) is 0 Å². The van der Waals surface area contributed by atoms with Gasteiger partial charge in [0, 0.05) is 29.0 Å². The Bertz CT molecular complexity index is 810. The van der Waals surface area contributed by atoms with Crippen LogP contribution in [0.2, 0.25) is 5.02 Å². The van der Waals surface area contributed by atoms with Gasteiger partial charge in [-0.25, -0.2) is 4.39 Å². The van der Waals surface area contributed by atoms with Gasteiger partial charge in [0.25, 0.3) is 0 Å². The summed E-state index contributed by atoms with van der Waals surface area (Å²) in [7, 11) is 1.90. The molecule has 0 saturated heterocycles. The van der Waals surface area contributed by atoms with E-state index in [1.165, 1.54) is 23.4 Å². The molecular formula is C17H15ClFN3S. The monoisotopic (exact) mass is 347 g/mol. The average Bonchev–Trinajstić information content (AvgIpc) is 2.89. The zero-order chi connectivity index (χ0) is 16.4. The van der Waals surface area contributed by atoms with Gasteiger partial charge < -0.3 is 4.57 Å². The van der Waals surface area contributed by atoms with E-state index < -0.39 is 0 Å². The van der Waals surface area contributed by atoms with E-state index in [-0.39, 0.29) is 5.82 Å². The van der Waals surface area contributed by atoms with E-state index in [1.54, 1.807) is 12.1 Å². The maximum atomic E-state index is 13.8. The summed E-state index contributed by atoms with van der Waals surface area (Å²) in [6, 6.07) is 12.8. The lowest BCUT2D eigenvalue weighted by molar-refractivity contribution is 0.617. The van der Waals surface area contributed by atoms with E-state index in [2.05, 4.69) is 10.2 Å². The molecule has 0 radical (unpaired) electrons. The Balaban J connectivity index is 1.81. The number of hydrogen-bond acceptors (Lipinski definition) is 3. The zero-order valence-corrected chi connectivity index (χ0v) is 14.3. The van der Waals surface area contributed by atoms with Gasteiger partial charge in [0.05, 0.1) is 0 Å². The molecule has 0 fully saturated rings. The Morgan fingerprint density at radius 3 is 2.57 bits per heavy atom. The van der Waals surface area contributed by atoms with Gasteiger partial charge in [0.15, 0.2) is 11.0 Å². The fourth-order valence-electron chi connectivity index (χ4n) is 2.20. The normalized spacial score (nSPS) is 11.0. The Morgan fingerprint density at radius 1 is 1.13 bits per heavy atom. The summed E-state index contributed by atoms with van der Waals surface area (Å²) in [6.45, 7) is 2.04. The highest BCUT2D eigenvalue weighted by Crippen LogP contribution is 2.29. The highest BCUT2D eigenvalue weighted by molar-refractivity contribution is 7.98. The first kappa shape index (κ1) is 16.0. The van der Waals surface area contributed by atoms with Crippen molar-refractivity contribution in [1.82, 2.24) is 14.8 Å². The van der Waals surface area contributed by atoms with Crippen LogP contribution in [0.4, 0.5) is 4.39 Å². The van der Waals surface area contributed by atoms with Gasteiger partial charge in [-0.15, -0.1) is 10.2 Å². The van der Waals surface area contributed by atoms with Crippen LogP contribution in [0, 0.1) is 12.7 Å². The third-order valence-corrected chi connectivity index (χ3v) is 4.95. The molecule has 0 unspecified atom stereocenters. The average molecular weight is 348 g/mol. The van der Waals surface area contributed by atoms with Crippen molar-refractivity contribution in [1.29, 1.82) is 0 Å². The lowest BCUT2D eigenvalue weighted by Crippen LogP contribution is -1.96. The fourth-order valence-corrected chi connectivity index (χ4v) is 3.46. The lowest BCUT2D eigenvalue weighted by Gasteiger charge is -2.06. The van der Waals surface area contributed by atoms with Crippen LogP contribution in [-0.2, 0) is 12.8 Å². The first-order chi connectivity index (χ1) is 11.1. The number of halogens is 2. The highest BCUT2D eigenvalue weighted by atomic mass is 35.5. The van der Waals surface area contributed by atoms with Gasteiger partial charge >= 0.3 is 0 Å². The molecule has 118 valence electrons. The summed E-state index contributed by atoms with van der Waals surface area (Å²) < 4.78 is 15.7. The topological polar surface area (TPSA) is 30.7 Å². The van der Waals surface area contributed by atoms with Crippen molar-refractivity contribution in [3.8, 4) is 11.4 Å². The number of aryl methyl sites for hydroxylation is 1. The number of benzene rings is 2. The van der Waals surface area contributed by atoms with Gasteiger partial charge in [-0.2, -0.15) is 0 Å². The second kappa shape index (κ2) is 6.72. The highest BCUT2D eigenvalue weighted by Gasteiger charge is 2.13. The first-order valence-electron chi connectivity index (χ1n) is 7.08. The van der Waals surface area contributed by atoms with Crippen LogP contribution < -0.4 is 0 Å². The van der Waals surface area contributed by atoms with Crippen molar-refractivity contribution in [3.05, 3.63) is 64.4 Å². The Labute approximate surface area is 143 Å². The quantitative estimate of drug-likeness (QED) is 0.630. The fraction of sp³-hybridized carbons (Fsp3) is 0.176. The van der Waals surface area contributed by atoms with Crippen LogP contribution in [0.3, 0.4) is 0 Å². The minimum atomic E-state index is -0.300. The maximum absolute atomic E-state index is 13.8. The van der Waals surface area contributed by atoms with Crippen LogP contribution in [0.1, 0.15) is 11.1 Å². The second-order valence-corrected chi connectivity index (χ2v) is 6.57. The van der Waals surface area contributed by atoms with Crippen molar-refractivity contribution in [2.45, 2.75) is 17.8 Å². The van der Waals surface area contributed by atoms with Crippen LogP contribution >= 0.6 is 23.4 Å². The van der Waals surface area contributed by atoms with Gasteiger partial charge in [-0.3, -0.25) is 0 Å². The summed E-state index contributed by atoms with van der Waals surface area (Å²) in [6.07, 6.45) is 0. The molecule has 1 heterocycles. The molecule has 3 nitrogen and oxygen atoms in total. The molecule has 0 N–H and O–H groups in total. The Kier molecular flexibility index (Phi) is 4.68. The number of rotatable bonds is 4. The van der Waals surface area contributed by atoms with E-state index >= 15 is 0 Å². The molecule has 0 saturated carbocycles. The third-order valence-electron chi connectivity index (χ3n) is 3.55. The standard InChI is InChI=1S/C17H15ClFN3S/c1-11-6-8-12(9-7-11)16-20-21-17(22(16)2)23-10-13-14(18)4-3-5-15(13)19/h3-9H,10H2,1-2H3. The minimum Gasteiger partial charge on any atom is -0.305 e. The maximum Gasteiger partial charge on any atom is 0.191 e. The summed E-state index contributed by atoms with van der Waals surface area (Å²) >= 11 is 7.47. The summed E-state index contributed by atoms with van der Waals surface area (Å²) in [5, 5.41) is 9.59. The largest absolute Gasteiger partial charge is 0.305 e. The SMILES string of the molecule is Cc1ccc(-c2nnc(SCc3c(F)cccc3Cl)n2C)cc1. The van der Waals surface area contributed by atoms with Gasteiger partial charge in [0.2, 0.25) is 0 Å². The molecule has 1 aromatic heterocycles. The Hall–Kier alpha value is -1.85. The molecule has 0 bridgehead atoms. The van der Waals surface area contributed by atoms with Crippen molar-refractivity contribution < 1.29 is 4.39 Å². The number of aromatic nitrogens is 3. The lowest BCUT2D eigenvalue weighted by atomic mass is 10.1. The smallest absolute Gasteiger partial charge is 0.191 e. The van der Waals surface area contributed by atoms with Crippen LogP contribution in [-0.4, -0.2) is 14.8 Å². The summed E-state index contributed by atoms with van der Waals surface area (Å²) in [5.41, 5.74) is 2.68. The van der Waals surface area contributed by atoms with E-state index in [0.717, 1.165) is 16.5 Å². The van der Waals surface area contributed by atoms with E-state index in [1.807, 2.05) is 42.8 Å². The van der Waals surface area contributed by atoms with Crippen molar-refractivity contribution >= 4 is 23.4 Å². The molecule has 0 aliphatic heterocycles. The molecule has 6 heteroatoms. The predicted molar refractivity (Wildman–Crippen MR) is 92.1 cm³/mol. The van der Waals surface area contributed by atoms with E-state index in [0.29, 0.717) is 16.3 Å². The molecule has 3 rings (SSSR count). The molecule has 0 aliphatic rings. The molecule has 3 aromatic rings. The minimum absolute atomic E-state index is 0.300. The van der Waals surface area contributed by atoms with E-state index in [4.69, 9.17) is 11.6 Å². The molecule has 0 amide bonds. The second-order valence-electron chi connectivity index (χ2n) is 5.22. The third kappa shape index (κ3) is 3.41. The van der Waals surface area contributed by atoms with Crippen LogP contribution in [0.25, 0.3) is 11.4 Å². The summed E-state index contributed by atoms with van der Waals surface area (Å²) in [4.78, 5) is 0. The Morgan fingerprint density at radius 2 is 1.87 bits per heavy atom. The number of nitrogens with zero attached hydrogens (tertiary/aromatic N) is 3. The van der Waals surface area contributed by atoms with Gasteiger partial charge in [-0.05, 0) is 19.1 Å². The molecule has 0 aliphatic carbocycles. The number of hydrogen-bond donors (Lipinski definition) is 0. The summed E-state index contributed by atoms with van der Waals surface area (Å²) in [5.74, 6) is 0.892. The molecular weight excluding hydrogens is 333 g/mol. The van der Waals surface area contributed by atoms with E-state index in [9.17, 15) is 4.39 Å². The molecule has 0 spiro atoms. The molecule has 0 atom stereocenters. The van der Waals surface area contributed by atoms with Crippen molar-refractivity contribution in [2.24, 2.45) is 7.05 Å². The number of thioether (sulfide) groups is 1. The molecule has 23 heavy (non-hydrogen) atoms. The van der Waals surface area contributed by atoms with Crippen LogP contribution in [0.5, 0.6) is 0 Å². The predicted octanol–water partition coefficient (Wildman–Crippen LogP) is 4.88. The molecule has 2 aromatic carbocycles. The first-order valence-corrected chi connectivity index (χ1v) is 8.44. The zero-order valence-electron chi connectivity index (χ0n) is 12.8. The van der Waals surface area contributed by atoms with Crippen LogP contribution in [0.15, 0.2) is 47.6 Å². The van der Waals surface area contributed by atoms with Gasteiger partial charge in [0.1, 0.15) is 5.82 Å². The van der Waals surface area contributed by atoms with Crippen molar-refractivity contribution in [3.63, 3.8) is 0 Å².